The molecule has 2 aromatic carbocycles. The fourth-order valence-electron chi connectivity index (χ4n) is 3.52. The molecule has 6 rings (SSSR count). The van der Waals surface area contributed by atoms with Crippen LogP contribution in [0.15, 0.2) is 87.6 Å². The van der Waals surface area contributed by atoms with Crippen molar-refractivity contribution in [2.75, 3.05) is 0 Å². The summed E-state index contributed by atoms with van der Waals surface area (Å²) in [6.45, 7) is 0. The fraction of sp³-hybridized carbons (Fsp3) is 0. The molecule has 0 aliphatic rings. The Bertz CT molecular complexity index is 1680. The highest BCUT2D eigenvalue weighted by Gasteiger charge is 2.15. The smallest absolute Gasteiger partial charge is 0.266 e. The molecule has 0 aliphatic carbocycles. The molecule has 0 fully saturated rings. The first-order chi connectivity index (χ1) is 16.2. The Balaban J connectivity index is 1.51. The van der Waals surface area contributed by atoms with Gasteiger partial charge in [0, 0.05) is 21.8 Å². The predicted molar refractivity (Wildman–Crippen MR) is 136 cm³/mol. The van der Waals surface area contributed by atoms with Gasteiger partial charge in [0.2, 0.25) is 4.96 Å². The largest absolute Gasteiger partial charge is 0.291 e. The highest BCUT2D eigenvalue weighted by atomic mass is 79.9. The number of rotatable bonds is 4. The van der Waals surface area contributed by atoms with Gasteiger partial charge in [-0.15, -0.1) is 16.4 Å². The standard InChI is InChI=1S/C24H14BrN5OS2/c25-17-10-8-15(9-11-17)21-16(14-29(27-21)18-5-2-1-3-6-18)13-20-23(31)30-24(33-20)26-22(28-30)19-7-4-12-32-19/h1-14H. The number of thiophene rings is 1. The Kier molecular flexibility index (Phi) is 5.01. The second-order valence-electron chi connectivity index (χ2n) is 7.24. The van der Waals surface area contributed by atoms with E-state index >= 15 is 0 Å². The maximum absolute atomic E-state index is 13.1. The van der Waals surface area contributed by atoms with Crippen LogP contribution in [0.5, 0.6) is 0 Å². The molecule has 0 amide bonds. The molecule has 6 aromatic rings. The molecule has 0 N–H and O–H groups in total. The number of aromatic nitrogens is 5. The monoisotopic (exact) mass is 531 g/mol. The normalized spacial score (nSPS) is 12.1. The van der Waals surface area contributed by atoms with E-state index in [4.69, 9.17) is 5.10 Å². The van der Waals surface area contributed by atoms with Crippen LogP contribution in [0.4, 0.5) is 0 Å². The van der Waals surface area contributed by atoms with E-state index in [0.29, 0.717) is 15.3 Å². The summed E-state index contributed by atoms with van der Waals surface area (Å²) in [7, 11) is 0. The van der Waals surface area contributed by atoms with E-state index in [-0.39, 0.29) is 5.56 Å². The van der Waals surface area contributed by atoms with Gasteiger partial charge >= 0.3 is 0 Å². The van der Waals surface area contributed by atoms with Crippen LogP contribution in [0.3, 0.4) is 0 Å². The summed E-state index contributed by atoms with van der Waals surface area (Å²) in [6.07, 6.45) is 3.82. The molecule has 0 unspecified atom stereocenters. The Morgan fingerprint density at radius 3 is 2.48 bits per heavy atom. The van der Waals surface area contributed by atoms with E-state index in [2.05, 4.69) is 26.0 Å². The molecule has 33 heavy (non-hydrogen) atoms. The van der Waals surface area contributed by atoms with Crippen molar-refractivity contribution in [3.05, 3.63) is 103 Å². The zero-order valence-electron chi connectivity index (χ0n) is 16.9. The van der Waals surface area contributed by atoms with Gasteiger partial charge in [-0.25, -0.2) is 4.68 Å². The van der Waals surface area contributed by atoms with Gasteiger partial charge in [0.1, 0.15) is 0 Å². The number of halogens is 1. The Hall–Kier alpha value is -3.40. The molecule has 6 nitrogen and oxygen atoms in total. The van der Waals surface area contributed by atoms with Gasteiger partial charge in [-0.2, -0.15) is 14.6 Å². The SMILES string of the molecule is O=c1c(=Cc2cn(-c3ccccc3)nc2-c2ccc(Br)cc2)sc2nc(-c3cccs3)nn12. The van der Waals surface area contributed by atoms with Gasteiger partial charge in [-0.05, 0) is 41.8 Å². The molecule has 4 aromatic heterocycles. The second kappa shape index (κ2) is 8.18. The summed E-state index contributed by atoms with van der Waals surface area (Å²) in [6, 6.07) is 21.8. The fourth-order valence-corrected chi connectivity index (χ4v) is 5.34. The molecule has 0 spiro atoms. The minimum Gasteiger partial charge on any atom is -0.266 e. The average molecular weight is 532 g/mol. The summed E-state index contributed by atoms with van der Waals surface area (Å²) in [4.78, 5) is 19.2. The van der Waals surface area contributed by atoms with E-state index in [9.17, 15) is 4.79 Å². The van der Waals surface area contributed by atoms with Crippen LogP contribution in [0, 0.1) is 0 Å². The maximum Gasteiger partial charge on any atom is 0.291 e. The van der Waals surface area contributed by atoms with Gasteiger partial charge < -0.3 is 0 Å². The minimum atomic E-state index is -0.181. The van der Waals surface area contributed by atoms with Crippen LogP contribution < -0.4 is 10.1 Å². The quantitative estimate of drug-likeness (QED) is 0.319. The lowest BCUT2D eigenvalue weighted by Gasteiger charge is -2.00. The molecule has 0 aliphatic heterocycles. The van der Waals surface area contributed by atoms with Crippen molar-refractivity contribution in [3.8, 4) is 27.6 Å². The minimum absolute atomic E-state index is 0.181. The highest BCUT2D eigenvalue weighted by Crippen LogP contribution is 2.26. The van der Waals surface area contributed by atoms with Crippen LogP contribution in [-0.2, 0) is 0 Å². The number of benzene rings is 2. The molecule has 0 saturated heterocycles. The number of nitrogens with zero attached hydrogens (tertiary/aromatic N) is 5. The zero-order valence-corrected chi connectivity index (χ0v) is 20.1. The third-order valence-corrected chi connectivity index (χ3v) is 7.44. The molecular formula is C24H14BrN5OS2. The van der Waals surface area contributed by atoms with Crippen molar-refractivity contribution >= 4 is 49.6 Å². The van der Waals surface area contributed by atoms with Crippen molar-refractivity contribution in [1.29, 1.82) is 0 Å². The maximum atomic E-state index is 13.1. The van der Waals surface area contributed by atoms with Crippen molar-refractivity contribution in [1.82, 2.24) is 24.4 Å². The van der Waals surface area contributed by atoms with E-state index in [1.54, 1.807) is 11.3 Å². The first kappa shape index (κ1) is 20.2. The zero-order chi connectivity index (χ0) is 22.4. The van der Waals surface area contributed by atoms with Gasteiger partial charge in [0.05, 0.1) is 20.8 Å². The molecule has 0 atom stereocenters. The van der Waals surface area contributed by atoms with Crippen LogP contribution in [0.2, 0.25) is 0 Å². The van der Waals surface area contributed by atoms with Gasteiger partial charge in [-0.1, -0.05) is 63.7 Å². The third kappa shape index (κ3) is 3.74. The van der Waals surface area contributed by atoms with Crippen molar-refractivity contribution < 1.29 is 0 Å². The molecule has 4 heterocycles. The lowest BCUT2D eigenvalue weighted by Crippen LogP contribution is -2.23. The summed E-state index contributed by atoms with van der Waals surface area (Å²) >= 11 is 6.37. The number of hydrogen-bond acceptors (Lipinski definition) is 6. The van der Waals surface area contributed by atoms with Crippen LogP contribution in [0.25, 0.3) is 38.7 Å². The third-order valence-electron chi connectivity index (χ3n) is 5.09. The Morgan fingerprint density at radius 2 is 1.76 bits per heavy atom. The first-order valence-electron chi connectivity index (χ1n) is 10.0. The van der Waals surface area contributed by atoms with Gasteiger partial charge in [-0.3, -0.25) is 4.79 Å². The number of para-hydroxylation sites is 1. The van der Waals surface area contributed by atoms with Crippen molar-refractivity contribution in [2.24, 2.45) is 0 Å². The molecule has 9 heteroatoms. The van der Waals surface area contributed by atoms with E-state index in [1.807, 2.05) is 89.1 Å². The van der Waals surface area contributed by atoms with E-state index < -0.39 is 0 Å². The molecule has 160 valence electrons. The van der Waals surface area contributed by atoms with E-state index in [0.717, 1.165) is 31.9 Å². The van der Waals surface area contributed by atoms with Gasteiger partial charge in [0.25, 0.3) is 5.56 Å². The van der Waals surface area contributed by atoms with Crippen LogP contribution >= 0.6 is 38.6 Å². The van der Waals surface area contributed by atoms with Crippen LogP contribution in [-0.4, -0.2) is 24.4 Å². The Morgan fingerprint density at radius 1 is 0.939 bits per heavy atom. The van der Waals surface area contributed by atoms with Gasteiger partial charge in [0.15, 0.2) is 5.82 Å². The molecular weight excluding hydrogens is 518 g/mol. The van der Waals surface area contributed by atoms with Crippen molar-refractivity contribution in [2.45, 2.75) is 0 Å². The summed E-state index contributed by atoms with van der Waals surface area (Å²) in [5.41, 5.74) is 3.37. The average Bonchev–Trinajstić information content (AvgIpc) is 3.62. The summed E-state index contributed by atoms with van der Waals surface area (Å²) in [5, 5.41) is 11.2. The lowest BCUT2D eigenvalue weighted by molar-refractivity contribution is 0.884. The highest BCUT2D eigenvalue weighted by molar-refractivity contribution is 9.10. The predicted octanol–water partition coefficient (Wildman–Crippen LogP) is 5.04. The number of hydrogen-bond donors (Lipinski definition) is 0. The number of fused-ring (bicyclic) bond motifs is 1. The first-order valence-corrected chi connectivity index (χ1v) is 12.5. The Labute approximate surface area is 204 Å². The topological polar surface area (TPSA) is 65.1 Å². The lowest BCUT2D eigenvalue weighted by atomic mass is 10.1. The summed E-state index contributed by atoms with van der Waals surface area (Å²) in [5.74, 6) is 0.576. The van der Waals surface area contributed by atoms with E-state index in [1.165, 1.54) is 15.9 Å². The van der Waals surface area contributed by atoms with Crippen molar-refractivity contribution in [3.63, 3.8) is 0 Å². The van der Waals surface area contributed by atoms with Crippen LogP contribution in [0.1, 0.15) is 5.56 Å². The molecule has 0 radical (unpaired) electrons. The number of thiazole rings is 1. The molecule has 0 bridgehead atoms. The molecule has 0 saturated carbocycles. The second-order valence-corrected chi connectivity index (χ2v) is 10.1. The summed E-state index contributed by atoms with van der Waals surface area (Å²) < 4.78 is 4.77.